The van der Waals surface area contributed by atoms with Crippen LogP contribution < -0.4 is 9.47 Å². The van der Waals surface area contributed by atoms with E-state index in [1.54, 1.807) is 0 Å². The van der Waals surface area contributed by atoms with Gasteiger partial charge < -0.3 is 14.2 Å². The minimum Gasteiger partial charge on any atom is -0.492 e. The van der Waals surface area contributed by atoms with Crippen LogP contribution >= 0.6 is 0 Å². The highest BCUT2D eigenvalue weighted by atomic mass is 16.5. The molecule has 0 saturated heterocycles. The summed E-state index contributed by atoms with van der Waals surface area (Å²) in [6.45, 7) is 2.64. The van der Waals surface area contributed by atoms with E-state index in [9.17, 15) is 0 Å². The van der Waals surface area contributed by atoms with Crippen molar-refractivity contribution >= 4 is 0 Å². The van der Waals surface area contributed by atoms with Crippen LogP contribution in [0.15, 0.2) is 35.6 Å². The van der Waals surface area contributed by atoms with Gasteiger partial charge in [-0.15, -0.1) is 0 Å². The van der Waals surface area contributed by atoms with Crippen LogP contribution in [0.5, 0.6) is 11.5 Å². The molecule has 1 aromatic carbocycles. The van der Waals surface area contributed by atoms with Crippen LogP contribution in [-0.2, 0) is 4.74 Å². The van der Waals surface area contributed by atoms with E-state index in [0.29, 0.717) is 12.4 Å². The third-order valence-corrected chi connectivity index (χ3v) is 4.58. The minimum absolute atomic E-state index is 0.0419. The lowest BCUT2D eigenvalue weighted by Crippen LogP contribution is -2.25. The Morgan fingerprint density at radius 3 is 3.18 bits per heavy atom. The molecule has 0 fully saturated rings. The Hall–Kier alpha value is -2.41. The summed E-state index contributed by atoms with van der Waals surface area (Å²) in [6, 6.07) is 5.91. The van der Waals surface area contributed by atoms with E-state index in [4.69, 9.17) is 19.5 Å². The smallest absolute Gasteiger partial charge is 0.174 e. The van der Waals surface area contributed by atoms with Crippen molar-refractivity contribution in [2.45, 2.75) is 25.9 Å². The third kappa shape index (κ3) is 1.89. The number of allylic oxidation sites excluding steroid dienone is 3. The van der Waals surface area contributed by atoms with Gasteiger partial charge in [0.05, 0.1) is 12.5 Å². The molecule has 0 radical (unpaired) electrons. The van der Waals surface area contributed by atoms with Crippen LogP contribution in [0.25, 0.3) is 0 Å². The molecule has 0 saturated carbocycles. The van der Waals surface area contributed by atoms with Gasteiger partial charge in [-0.3, -0.25) is 0 Å². The molecule has 112 valence electrons. The molecule has 0 N–H and O–H groups in total. The van der Waals surface area contributed by atoms with Crippen LogP contribution in [0.2, 0.25) is 0 Å². The second-order valence-corrected chi connectivity index (χ2v) is 5.83. The fourth-order valence-corrected chi connectivity index (χ4v) is 3.52. The van der Waals surface area contributed by atoms with Gasteiger partial charge in [-0.05, 0) is 25.5 Å². The molecule has 0 amide bonds. The monoisotopic (exact) mass is 295 g/mol. The van der Waals surface area contributed by atoms with Crippen molar-refractivity contribution in [2.75, 3.05) is 13.2 Å². The number of benzene rings is 1. The summed E-state index contributed by atoms with van der Waals surface area (Å²) in [5.74, 6) is 2.95. The number of nitrogens with zero attached hydrogens (tertiary/aromatic N) is 1. The van der Waals surface area contributed by atoms with Gasteiger partial charge in [0, 0.05) is 23.1 Å². The lowest BCUT2D eigenvalue weighted by Gasteiger charge is -2.30. The van der Waals surface area contributed by atoms with E-state index in [0.717, 1.165) is 35.5 Å². The standard InChI is InChI=1S/C18H17NO3/c1-11-15(20-9-8-19)7-6-13-17(11)21-10-14-12-4-2-3-5-16(12)22-18(13)14/h2,4,6-7,14,18H,3,5,9-10H2,1H3. The fraction of sp³-hybridized carbons (Fsp3) is 0.389. The molecule has 3 aliphatic rings. The molecule has 0 aromatic heterocycles. The predicted octanol–water partition coefficient (Wildman–Crippen LogP) is 3.58. The summed E-state index contributed by atoms with van der Waals surface area (Å²) < 4.78 is 17.7. The molecule has 1 aliphatic carbocycles. The molecule has 0 bridgehead atoms. The molecule has 2 aliphatic heterocycles. The van der Waals surface area contributed by atoms with Gasteiger partial charge in [0.15, 0.2) is 6.61 Å². The first kappa shape index (κ1) is 13.3. The van der Waals surface area contributed by atoms with Crippen LogP contribution in [0.3, 0.4) is 0 Å². The first-order valence-electron chi connectivity index (χ1n) is 7.62. The zero-order valence-electron chi connectivity index (χ0n) is 12.5. The van der Waals surface area contributed by atoms with Crippen LogP contribution in [0, 0.1) is 24.2 Å². The van der Waals surface area contributed by atoms with Crippen molar-refractivity contribution in [3.63, 3.8) is 0 Å². The lowest BCUT2D eigenvalue weighted by molar-refractivity contribution is 0.0660. The number of rotatable bonds is 2. The number of nitriles is 1. The molecule has 4 rings (SSSR count). The first-order valence-corrected chi connectivity index (χ1v) is 7.62. The Morgan fingerprint density at radius 1 is 1.41 bits per heavy atom. The lowest BCUT2D eigenvalue weighted by atomic mass is 9.86. The summed E-state index contributed by atoms with van der Waals surface area (Å²) in [4.78, 5) is 0. The molecule has 4 heteroatoms. The van der Waals surface area contributed by atoms with Gasteiger partial charge in [-0.25, -0.2) is 0 Å². The van der Waals surface area contributed by atoms with E-state index in [1.165, 1.54) is 5.57 Å². The van der Waals surface area contributed by atoms with Crippen molar-refractivity contribution in [1.29, 1.82) is 5.26 Å². The predicted molar refractivity (Wildman–Crippen MR) is 80.5 cm³/mol. The largest absolute Gasteiger partial charge is 0.492 e. The maximum absolute atomic E-state index is 8.66. The Bertz CT molecular complexity index is 727. The third-order valence-electron chi connectivity index (χ3n) is 4.58. The highest BCUT2D eigenvalue weighted by molar-refractivity contribution is 5.53. The molecule has 0 spiro atoms. The van der Waals surface area contributed by atoms with Crippen molar-refractivity contribution in [1.82, 2.24) is 0 Å². The highest BCUT2D eigenvalue weighted by Gasteiger charge is 2.42. The van der Waals surface area contributed by atoms with E-state index in [2.05, 4.69) is 12.2 Å². The number of ether oxygens (including phenoxy) is 3. The molecule has 2 atom stereocenters. The Kier molecular flexibility index (Phi) is 3.07. The van der Waals surface area contributed by atoms with Gasteiger partial charge in [0.1, 0.15) is 29.4 Å². The van der Waals surface area contributed by atoms with Crippen LogP contribution in [0.1, 0.15) is 30.1 Å². The van der Waals surface area contributed by atoms with Crippen LogP contribution in [-0.4, -0.2) is 13.2 Å². The van der Waals surface area contributed by atoms with Gasteiger partial charge in [-0.2, -0.15) is 5.26 Å². The maximum Gasteiger partial charge on any atom is 0.174 e. The second kappa shape index (κ2) is 5.10. The average molecular weight is 295 g/mol. The van der Waals surface area contributed by atoms with Crippen LogP contribution in [0.4, 0.5) is 0 Å². The molecular formula is C18H17NO3. The summed E-state index contributed by atoms with van der Waals surface area (Å²) in [5.41, 5.74) is 3.32. The van der Waals surface area contributed by atoms with Crippen molar-refractivity contribution < 1.29 is 14.2 Å². The topological polar surface area (TPSA) is 51.5 Å². The number of fused-ring (bicyclic) bond motifs is 4. The van der Waals surface area contributed by atoms with Gasteiger partial charge in [0.2, 0.25) is 0 Å². The summed E-state index contributed by atoms with van der Waals surface area (Å²) in [7, 11) is 0. The summed E-state index contributed by atoms with van der Waals surface area (Å²) >= 11 is 0. The zero-order chi connectivity index (χ0) is 15.1. The minimum atomic E-state index is 0.0419. The number of hydrogen-bond donors (Lipinski definition) is 0. The van der Waals surface area contributed by atoms with E-state index >= 15 is 0 Å². The molecule has 22 heavy (non-hydrogen) atoms. The summed E-state index contributed by atoms with van der Waals surface area (Å²) in [6.07, 6.45) is 6.47. The first-order chi connectivity index (χ1) is 10.8. The number of hydrogen-bond acceptors (Lipinski definition) is 4. The SMILES string of the molecule is Cc1c(OCC#N)ccc2c1OCC1C3=C(CCC=C3)OC21. The van der Waals surface area contributed by atoms with E-state index < -0.39 is 0 Å². The molecular weight excluding hydrogens is 278 g/mol. The van der Waals surface area contributed by atoms with Crippen molar-refractivity contribution in [2.24, 2.45) is 5.92 Å². The fourth-order valence-electron chi connectivity index (χ4n) is 3.52. The zero-order valence-corrected chi connectivity index (χ0v) is 12.5. The Balaban J connectivity index is 1.69. The average Bonchev–Trinajstić information content (AvgIpc) is 2.93. The van der Waals surface area contributed by atoms with Crippen molar-refractivity contribution in [3.05, 3.63) is 46.7 Å². The highest BCUT2D eigenvalue weighted by Crippen LogP contribution is 2.51. The normalized spacial score (nSPS) is 24.5. The van der Waals surface area contributed by atoms with Gasteiger partial charge in [0.25, 0.3) is 0 Å². The quantitative estimate of drug-likeness (QED) is 0.836. The second-order valence-electron chi connectivity index (χ2n) is 5.83. The molecule has 2 heterocycles. The van der Waals surface area contributed by atoms with E-state index in [-0.39, 0.29) is 18.6 Å². The Morgan fingerprint density at radius 2 is 2.32 bits per heavy atom. The summed E-state index contributed by atoms with van der Waals surface area (Å²) in [5, 5.41) is 8.66. The van der Waals surface area contributed by atoms with Gasteiger partial charge in [-0.1, -0.05) is 12.2 Å². The molecule has 4 nitrogen and oxygen atoms in total. The van der Waals surface area contributed by atoms with Gasteiger partial charge >= 0.3 is 0 Å². The molecule has 2 unspecified atom stereocenters. The molecule has 1 aromatic rings. The maximum atomic E-state index is 8.66. The Labute approximate surface area is 129 Å². The van der Waals surface area contributed by atoms with Crippen molar-refractivity contribution in [3.8, 4) is 17.6 Å². The van der Waals surface area contributed by atoms with E-state index in [1.807, 2.05) is 25.1 Å².